The largest absolute Gasteiger partial charge is 1.00 e. The van der Waals surface area contributed by atoms with Crippen LogP contribution in [0.2, 0.25) is 0 Å². The van der Waals surface area contributed by atoms with Gasteiger partial charge in [0.15, 0.2) is 11.3 Å². The number of likely N-dealkylation sites (N-methyl/N-ethyl adjacent to an activating group) is 1. The van der Waals surface area contributed by atoms with Crippen LogP contribution in [0.5, 0.6) is 5.75 Å². The topological polar surface area (TPSA) is 114 Å². The lowest BCUT2D eigenvalue weighted by Crippen LogP contribution is -3.14. The molecule has 0 unspecified atom stereocenters. The Morgan fingerprint density at radius 3 is 2.47 bits per heavy atom. The molecule has 3 aromatic rings. The van der Waals surface area contributed by atoms with Crippen LogP contribution in [0, 0.1) is 0 Å². The number of rotatable bonds is 9. The molecule has 10 nitrogen and oxygen atoms in total. The van der Waals surface area contributed by atoms with E-state index in [1.807, 2.05) is 20.8 Å². The number of halogens is 1. The Morgan fingerprint density at radius 1 is 1.14 bits per heavy atom. The number of sulfonamides is 1. The Kier molecular flexibility index (Phi) is 9.15. The highest BCUT2D eigenvalue weighted by molar-refractivity contribution is 7.89. The van der Waals surface area contributed by atoms with E-state index in [0.29, 0.717) is 60.9 Å². The van der Waals surface area contributed by atoms with Gasteiger partial charge in [0, 0.05) is 6.42 Å². The minimum atomic E-state index is -3.70. The van der Waals surface area contributed by atoms with Gasteiger partial charge in [-0.1, -0.05) is 13.8 Å². The summed E-state index contributed by atoms with van der Waals surface area (Å²) in [5.74, 6) is 1.42. The lowest BCUT2D eigenvalue weighted by atomic mass is 10.2. The fraction of sp³-hybridized carbons (Fsp3) is 0.542. The standard InChI is InChI=1S/C24H34N6O4S.ClH/c1-5-9-21-25-19(6-2)22-24(31)26-23(27-30(21)22)18-16-17(10-11-20(18)34-8-4)35(32,33)29-14-12-28(7-3)13-15-29;/h10-11,16H,5-9,12-15H2,1-4H3,(H,26,27,31);1H. The molecule has 36 heavy (non-hydrogen) atoms. The molecule has 2 aromatic heterocycles. The monoisotopic (exact) mass is 538 g/mol. The van der Waals surface area contributed by atoms with Crippen molar-refractivity contribution in [1.29, 1.82) is 0 Å². The molecule has 0 amide bonds. The number of hydrogen-bond acceptors (Lipinski definition) is 6. The fourth-order valence-corrected chi connectivity index (χ4v) is 6.04. The number of ether oxygens (including phenoxy) is 1. The first-order valence-corrected chi connectivity index (χ1v) is 13.9. The molecular weight excluding hydrogens is 504 g/mol. The summed E-state index contributed by atoms with van der Waals surface area (Å²) in [6.45, 7) is 11.9. The average Bonchev–Trinajstić information content (AvgIpc) is 3.22. The summed E-state index contributed by atoms with van der Waals surface area (Å²) in [6, 6.07) is 4.76. The number of quaternary nitrogens is 1. The summed E-state index contributed by atoms with van der Waals surface area (Å²) in [4.78, 5) is 22.1. The number of aromatic amines is 1. The summed E-state index contributed by atoms with van der Waals surface area (Å²) in [5.41, 5.74) is 1.25. The summed E-state index contributed by atoms with van der Waals surface area (Å²) in [7, 11) is -3.70. The number of benzene rings is 1. The van der Waals surface area contributed by atoms with E-state index in [1.54, 1.807) is 22.7 Å². The number of hydrogen-bond donors (Lipinski definition) is 2. The smallest absolute Gasteiger partial charge is 0.277 e. The maximum absolute atomic E-state index is 13.5. The molecule has 1 saturated heterocycles. The van der Waals surface area contributed by atoms with Gasteiger partial charge in [0.1, 0.15) is 11.6 Å². The van der Waals surface area contributed by atoms with Gasteiger partial charge >= 0.3 is 0 Å². The molecular formula is C24H35ClN6O4S. The molecule has 1 aliphatic rings. The fourth-order valence-electron chi connectivity index (χ4n) is 4.57. The van der Waals surface area contributed by atoms with Crippen molar-refractivity contribution < 1.29 is 30.5 Å². The molecule has 0 aliphatic carbocycles. The van der Waals surface area contributed by atoms with Gasteiger partial charge in [-0.2, -0.15) is 4.31 Å². The van der Waals surface area contributed by atoms with Crippen LogP contribution in [0.4, 0.5) is 0 Å². The maximum Gasteiger partial charge on any atom is 0.277 e. The van der Waals surface area contributed by atoms with E-state index in [0.717, 1.165) is 26.1 Å². The minimum absolute atomic E-state index is 0. The first kappa shape index (κ1) is 28.1. The molecule has 0 radical (unpaired) electrons. The number of aromatic nitrogens is 4. The number of piperazine rings is 1. The quantitative estimate of drug-likeness (QED) is 0.323. The maximum atomic E-state index is 13.5. The van der Waals surface area contributed by atoms with Crippen LogP contribution in [0.3, 0.4) is 0 Å². The number of H-pyrrole nitrogens is 1. The lowest BCUT2D eigenvalue weighted by Gasteiger charge is -2.31. The van der Waals surface area contributed by atoms with Gasteiger partial charge in [-0.05, 0) is 44.9 Å². The van der Waals surface area contributed by atoms with Crippen molar-refractivity contribution in [2.75, 3.05) is 39.3 Å². The second-order valence-electron chi connectivity index (χ2n) is 8.74. The molecule has 3 heterocycles. The van der Waals surface area contributed by atoms with E-state index in [-0.39, 0.29) is 28.7 Å². The molecule has 2 N–H and O–H groups in total. The van der Waals surface area contributed by atoms with E-state index in [2.05, 4.69) is 16.9 Å². The van der Waals surface area contributed by atoms with Gasteiger partial charge in [0.25, 0.3) is 5.56 Å². The highest BCUT2D eigenvalue weighted by atomic mass is 35.5. The summed E-state index contributed by atoms with van der Waals surface area (Å²) in [6.07, 6.45) is 2.15. The van der Waals surface area contributed by atoms with Gasteiger partial charge in [0.2, 0.25) is 10.0 Å². The normalized spacial score (nSPS) is 15.2. The van der Waals surface area contributed by atoms with Crippen molar-refractivity contribution in [3.63, 3.8) is 0 Å². The molecule has 0 atom stereocenters. The molecule has 1 aliphatic heterocycles. The third kappa shape index (κ3) is 5.29. The van der Waals surface area contributed by atoms with Crippen LogP contribution in [-0.2, 0) is 22.9 Å². The van der Waals surface area contributed by atoms with Crippen LogP contribution in [0.15, 0.2) is 27.9 Å². The Bertz CT molecular complexity index is 1360. The zero-order valence-corrected chi connectivity index (χ0v) is 22.9. The second kappa shape index (κ2) is 11.7. The number of fused-ring (bicyclic) bond motifs is 1. The van der Waals surface area contributed by atoms with Crippen molar-refractivity contribution in [1.82, 2.24) is 23.9 Å². The number of nitrogens with one attached hydrogen (secondary N) is 2. The molecule has 1 aromatic carbocycles. The van der Waals surface area contributed by atoms with Crippen molar-refractivity contribution in [2.24, 2.45) is 0 Å². The molecule has 12 heteroatoms. The average molecular weight is 539 g/mol. The minimum Gasteiger partial charge on any atom is -1.00 e. The van der Waals surface area contributed by atoms with Crippen LogP contribution in [0.25, 0.3) is 16.9 Å². The molecule has 1 fully saturated rings. The van der Waals surface area contributed by atoms with Gasteiger partial charge in [-0.25, -0.2) is 17.9 Å². The first-order valence-electron chi connectivity index (χ1n) is 12.5. The van der Waals surface area contributed by atoms with E-state index >= 15 is 0 Å². The zero-order valence-electron chi connectivity index (χ0n) is 21.3. The highest BCUT2D eigenvalue weighted by Gasteiger charge is 2.31. The second-order valence-corrected chi connectivity index (χ2v) is 10.7. The van der Waals surface area contributed by atoms with Crippen LogP contribution in [-0.4, -0.2) is 71.6 Å². The van der Waals surface area contributed by atoms with Crippen molar-refractivity contribution in [3.8, 4) is 17.1 Å². The van der Waals surface area contributed by atoms with Gasteiger partial charge in [-0.3, -0.25) is 4.79 Å². The Balaban J connectivity index is 0.00000361. The molecule has 0 saturated carbocycles. The molecule has 198 valence electrons. The van der Waals surface area contributed by atoms with Gasteiger partial charge < -0.3 is 27.0 Å². The van der Waals surface area contributed by atoms with Gasteiger partial charge in [-0.15, -0.1) is 5.10 Å². The Labute approximate surface area is 218 Å². The number of nitrogens with zero attached hydrogens (tertiary/aromatic N) is 4. The Morgan fingerprint density at radius 2 is 1.86 bits per heavy atom. The van der Waals surface area contributed by atoms with Crippen molar-refractivity contribution in [2.45, 2.75) is 51.9 Å². The predicted octanol–water partition coefficient (Wildman–Crippen LogP) is -2.09. The van der Waals surface area contributed by atoms with Crippen molar-refractivity contribution in [3.05, 3.63) is 40.1 Å². The number of aryl methyl sites for hydroxylation is 2. The van der Waals surface area contributed by atoms with Crippen molar-refractivity contribution >= 4 is 15.5 Å². The van der Waals surface area contributed by atoms with Crippen LogP contribution in [0.1, 0.15) is 45.6 Å². The van der Waals surface area contributed by atoms with E-state index in [1.165, 1.54) is 9.21 Å². The third-order valence-electron chi connectivity index (χ3n) is 6.52. The summed E-state index contributed by atoms with van der Waals surface area (Å²) < 4.78 is 35.9. The van der Waals surface area contributed by atoms with E-state index in [4.69, 9.17) is 9.84 Å². The lowest BCUT2D eigenvalue weighted by molar-refractivity contribution is -0.901. The third-order valence-corrected chi connectivity index (χ3v) is 8.42. The zero-order chi connectivity index (χ0) is 25.2. The predicted molar refractivity (Wildman–Crippen MR) is 134 cm³/mol. The Hall–Kier alpha value is -2.47. The van der Waals surface area contributed by atoms with Gasteiger partial charge in [0.05, 0.1) is 55.5 Å². The van der Waals surface area contributed by atoms with Crippen LogP contribution < -0.4 is 27.6 Å². The molecule has 0 spiro atoms. The molecule has 0 bridgehead atoms. The SMILES string of the molecule is CCCc1nc(CC)c2c(=O)[nH]c(-c3cc(S(=O)(=O)N4CC[NH+](CC)CC4)ccc3OCC)nn12.[Cl-]. The van der Waals surface area contributed by atoms with E-state index < -0.39 is 10.0 Å². The molecule has 4 rings (SSSR count). The first-order chi connectivity index (χ1) is 16.8. The summed E-state index contributed by atoms with van der Waals surface area (Å²) >= 11 is 0. The van der Waals surface area contributed by atoms with E-state index in [9.17, 15) is 13.2 Å². The van der Waals surface area contributed by atoms with Crippen LogP contribution >= 0.6 is 0 Å². The highest BCUT2D eigenvalue weighted by Crippen LogP contribution is 2.31. The number of imidazole rings is 1. The summed E-state index contributed by atoms with van der Waals surface area (Å²) in [5, 5.41) is 4.70.